The molecule has 0 bridgehead atoms. The van der Waals surface area contributed by atoms with Gasteiger partial charge in [0.05, 0.1) is 19.8 Å². The van der Waals surface area contributed by atoms with Crippen molar-refractivity contribution in [1.29, 1.82) is 0 Å². The van der Waals surface area contributed by atoms with Crippen LogP contribution < -0.4 is 16.0 Å². The zero-order valence-corrected chi connectivity index (χ0v) is 23.7. The van der Waals surface area contributed by atoms with E-state index in [2.05, 4.69) is 55.2 Å². The molecule has 0 aromatic rings. The summed E-state index contributed by atoms with van der Waals surface area (Å²) >= 11 is 0. The molecule has 0 saturated heterocycles. The SMILES string of the molecule is C[Si](C)(C)CCN(CCCNCCO)C(=O)O.C[Si](C)(C)CCOC(=O)NCCNCCO. The lowest BCUT2D eigenvalue weighted by Gasteiger charge is -2.23. The first-order chi connectivity index (χ1) is 15.3. The predicted octanol–water partition coefficient (Wildman–Crippen LogP) is 1.91. The molecule has 10 nitrogen and oxygen atoms in total. The van der Waals surface area contributed by atoms with Crippen LogP contribution in [-0.4, -0.2) is 114 Å². The van der Waals surface area contributed by atoms with Crippen LogP contribution >= 0.6 is 0 Å². The summed E-state index contributed by atoms with van der Waals surface area (Å²) in [7, 11) is -2.30. The molecule has 6 N–H and O–H groups in total. The number of nitrogens with zero attached hydrogens (tertiary/aromatic N) is 1. The van der Waals surface area contributed by atoms with Crippen LogP contribution in [0.3, 0.4) is 0 Å². The van der Waals surface area contributed by atoms with Gasteiger partial charge in [-0.25, -0.2) is 9.59 Å². The monoisotopic (exact) mass is 510 g/mol. The van der Waals surface area contributed by atoms with Crippen LogP contribution in [0.5, 0.6) is 0 Å². The fourth-order valence-corrected chi connectivity index (χ4v) is 3.99. The van der Waals surface area contributed by atoms with Crippen molar-refractivity contribution in [3.8, 4) is 0 Å². The van der Waals surface area contributed by atoms with Crippen molar-refractivity contribution >= 4 is 28.3 Å². The van der Waals surface area contributed by atoms with E-state index in [1.807, 2.05) is 0 Å². The highest BCUT2D eigenvalue weighted by molar-refractivity contribution is 6.76. The molecular weight excluding hydrogens is 460 g/mol. The minimum atomic E-state index is -1.18. The lowest BCUT2D eigenvalue weighted by Crippen LogP contribution is -2.36. The highest BCUT2D eigenvalue weighted by Crippen LogP contribution is 2.09. The number of rotatable bonds is 17. The maximum atomic E-state index is 11.2. The summed E-state index contributed by atoms with van der Waals surface area (Å²) in [5.41, 5.74) is 0. The molecule has 198 valence electrons. The maximum Gasteiger partial charge on any atom is 0.407 e. The Morgan fingerprint density at radius 3 is 1.82 bits per heavy atom. The Kier molecular flexibility index (Phi) is 20.8. The van der Waals surface area contributed by atoms with Gasteiger partial charge in [0, 0.05) is 55.4 Å². The minimum absolute atomic E-state index is 0.112. The van der Waals surface area contributed by atoms with E-state index in [-0.39, 0.29) is 19.3 Å². The molecule has 0 aromatic heterocycles. The molecule has 0 saturated carbocycles. The molecule has 0 aliphatic heterocycles. The van der Waals surface area contributed by atoms with Crippen LogP contribution in [-0.2, 0) is 4.74 Å². The van der Waals surface area contributed by atoms with Crippen molar-refractivity contribution in [2.75, 3.05) is 65.6 Å². The number of hydrogen-bond donors (Lipinski definition) is 6. The van der Waals surface area contributed by atoms with E-state index >= 15 is 0 Å². The highest BCUT2D eigenvalue weighted by Gasteiger charge is 2.18. The van der Waals surface area contributed by atoms with Crippen molar-refractivity contribution < 1.29 is 29.6 Å². The van der Waals surface area contributed by atoms with Crippen LogP contribution in [0, 0.1) is 0 Å². The van der Waals surface area contributed by atoms with Crippen LogP contribution in [0.15, 0.2) is 0 Å². The number of carbonyl (C=O) groups excluding carboxylic acids is 1. The van der Waals surface area contributed by atoms with E-state index < -0.39 is 22.2 Å². The number of amides is 2. The maximum absolute atomic E-state index is 11.2. The van der Waals surface area contributed by atoms with Gasteiger partial charge in [-0.15, -0.1) is 0 Å². The summed E-state index contributed by atoms with van der Waals surface area (Å²) in [5, 5.41) is 34.8. The first kappa shape index (κ1) is 34.0. The molecule has 0 radical (unpaired) electrons. The van der Waals surface area contributed by atoms with Gasteiger partial charge in [-0.2, -0.15) is 0 Å². The fourth-order valence-electron chi connectivity index (χ4n) is 2.33. The number of hydrogen-bond acceptors (Lipinski definition) is 7. The molecule has 0 heterocycles. The quantitative estimate of drug-likeness (QED) is 0.129. The number of carbonyl (C=O) groups is 2. The second-order valence-electron chi connectivity index (χ2n) is 10.3. The van der Waals surface area contributed by atoms with Crippen LogP contribution in [0.4, 0.5) is 9.59 Å². The van der Waals surface area contributed by atoms with Crippen LogP contribution in [0.2, 0.25) is 51.4 Å². The van der Waals surface area contributed by atoms with E-state index in [1.165, 1.54) is 4.90 Å². The molecule has 2 amide bonds. The first-order valence-electron chi connectivity index (χ1n) is 11.8. The lowest BCUT2D eigenvalue weighted by molar-refractivity contribution is 0.146. The van der Waals surface area contributed by atoms with Gasteiger partial charge in [-0.3, -0.25) is 0 Å². The van der Waals surface area contributed by atoms with E-state index in [0.717, 1.165) is 25.1 Å². The van der Waals surface area contributed by atoms with Gasteiger partial charge in [0.25, 0.3) is 0 Å². The normalized spacial score (nSPS) is 11.4. The van der Waals surface area contributed by atoms with E-state index in [4.69, 9.17) is 20.1 Å². The third kappa shape index (κ3) is 28.8. The standard InChI is InChI=1S/C11H26N2O3Si.C10H24N2O3Si/c1-17(2,3)10-8-13(11(15)16)7-4-5-12-6-9-14;1-16(2,3)9-8-15-10(14)12-5-4-11-6-7-13/h12,14H,4-10H2,1-3H3,(H,15,16);11,13H,4-9H2,1-3H3,(H,12,14). The lowest BCUT2D eigenvalue weighted by atomic mass is 10.4. The number of alkyl carbamates (subject to hydrolysis) is 1. The van der Waals surface area contributed by atoms with Crippen molar-refractivity contribution in [3.05, 3.63) is 0 Å². The van der Waals surface area contributed by atoms with E-state index in [1.54, 1.807) is 0 Å². The average Bonchev–Trinajstić information content (AvgIpc) is 2.68. The molecule has 0 atom stereocenters. The second-order valence-corrected chi connectivity index (χ2v) is 21.5. The number of ether oxygens (including phenoxy) is 1. The van der Waals surface area contributed by atoms with Gasteiger partial charge in [0.2, 0.25) is 0 Å². The molecule has 0 rings (SSSR count). The van der Waals surface area contributed by atoms with Crippen molar-refractivity contribution in [3.63, 3.8) is 0 Å². The van der Waals surface area contributed by atoms with E-state index in [0.29, 0.717) is 45.9 Å². The average molecular weight is 511 g/mol. The van der Waals surface area contributed by atoms with Crippen LogP contribution in [0.25, 0.3) is 0 Å². The van der Waals surface area contributed by atoms with Gasteiger partial charge >= 0.3 is 12.2 Å². The molecule has 0 aliphatic carbocycles. The number of carboxylic acid groups (broad SMARTS) is 1. The van der Waals surface area contributed by atoms with Crippen molar-refractivity contribution in [2.24, 2.45) is 0 Å². The van der Waals surface area contributed by atoms with Crippen molar-refractivity contribution in [1.82, 2.24) is 20.9 Å². The van der Waals surface area contributed by atoms with Gasteiger partial charge < -0.3 is 40.9 Å². The topological polar surface area (TPSA) is 143 Å². The zero-order chi connectivity index (χ0) is 25.8. The third-order valence-corrected chi connectivity index (χ3v) is 7.85. The molecule has 33 heavy (non-hydrogen) atoms. The first-order valence-corrected chi connectivity index (χ1v) is 19.3. The largest absolute Gasteiger partial charge is 0.465 e. The van der Waals surface area contributed by atoms with Gasteiger partial charge in [-0.05, 0) is 25.1 Å². The van der Waals surface area contributed by atoms with Gasteiger partial charge in [0.1, 0.15) is 0 Å². The highest BCUT2D eigenvalue weighted by atomic mass is 28.3. The van der Waals surface area contributed by atoms with Crippen LogP contribution in [0.1, 0.15) is 6.42 Å². The molecule has 12 heteroatoms. The Hall–Kier alpha value is -1.19. The smallest absolute Gasteiger partial charge is 0.407 e. The Balaban J connectivity index is 0. The Bertz CT molecular complexity index is 502. The summed E-state index contributed by atoms with van der Waals surface area (Å²) in [6, 6.07) is 1.99. The second kappa shape index (κ2) is 20.2. The summed E-state index contributed by atoms with van der Waals surface area (Å²) in [6.07, 6.45) is -0.396. The Labute approximate surface area is 202 Å². The summed E-state index contributed by atoms with van der Waals surface area (Å²) in [4.78, 5) is 23.7. The Morgan fingerprint density at radius 2 is 1.33 bits per heavy atom. The molecule has 0 aromatic carbocycles. The summed E-state index contributed by atoms with van der Waals surface area (Å²) < 4.78 is 5.03. The molecular formula is C21H50N4O6Si2. The van der Waals surface area contributed by atoms with Gasteiger partial charge in [0.15, 0.2) is 0 Å². The molecule has 0 spiro atoms. The third-order valence-electron chi connectivity index (χ3n) is 4.42. The minimum Gasteiger partial charge on any atom is -0.465 e. The summed E-state index contributed by atoms with van der Waals surface area (Å²) in [6.45, 7) is 18.4. The van der Waals surface area contributed by atoms with Crippen molar-refractivity contribution in [2.45, 2.75) is 57.8 Å². The number of aliphatic hydroxyl groups excluding tert-OH is 2. The summed E-state index contributed by atoms with van der Waals surface area (Å²) in [5.74, 6) is 0. The predicted molar refractivity (Wildman–Crippen MR) is 140 cm³/mol. The Morgan fingerprint density at radius 1 is 0.788 bits per heavy atom. The molecule has 0 aliphatic rings. The van der Waals surface area contributed by atoms with E-state index in [9.17, 15) is 9.59 Å². The number of nitrogens with one attached hydrogen (secondary N) is 3. The number of aliphatic hydroxyl groups is 2. The molecule has 0 fully saturated rings. The van der Waals surface area contributed by atoms with Gasteiger partial charge in [-0.1, -0.05) is 39.3 Å². The molecule has 0 unspecified atom stereocenters. The zero-order valence-electron chi connectivity index (χ0n) is 21.7. The fraction of sp³-hybridized carbons (Fsp3) is 0.905.